The van der Waals surface area contributed by atoms with E-state index in [1.54, 1.807) is 36.4 Å². The zero-order valence-electron chi connectivity index (χ0n) is 16.0. The summed E-state index contributed by atoms with van der Waals surface area (Å²) in [5, 5.41) is 14.8. The average molecular weight is 406 g/mol. The summed E-state index contributed by atoms with van der Waals surface area (Å²) in [7, 11) is 0. The van der Waals surface area contributed by atoms with Gasteiger partial charge in [-0.05, 0) is 25.0 Å². The molecule has 0 N–H and O–H groups in total. The first-order chi connectivity index (χ1) is 14.5. The van der Waals surface area contributed by atoms with Crippen LogP contribution in [-0.2, 0) is 6.42 Å². The first kappa shape index (κ1) is 19.4. The van der Waals surface area contributed by atoms with Crippen LogP contribution in [0.1, 0.15) is 45.9 Å². The van der Waals surface area contributed by atoms with Crippen molar-refractivity contribution >= 4 is 17.5 Å². The second kappa shape index (κ2) is 8.24. The van der Waals surface area contributed by atoms with Gasteiger partial charge in [0.15, 0.2) is 0 Å². The number of carbonyl (C=O) groups excluding carboxylic acids is 2. The molecule has 1 aliphatic heterocycles. The van der Waals surface area contributed by atoms with Crippen molar-refractivity contribution in [2.24, 2.45) is 0 Å². The summed E-state index contributed by atoms with van der Waals surface area (Å²) in [4.78, 5) is 40.6. The number of nitro benzene ring substituents is 1. The molecule has 0 spiro atoms. The third-order valence-corrected chi connectivity index (χ3v) is 4.93. The number of aromatic nitrogens is 2. The standard InChI is InChI=1S/C21H18N4O5/c26-20-16-9-3-4-10-17(16)21(27)24(20)12-5-1-2-11-18-22-19(23-30-18)14-7-6-8-15(13-14)25(28)29/h3-4,6-10,13H,1-2,5,11-12H2. The topological polar surface area (TPSA) is 119 Å². The molecule has 0 aliphatic carbocycles. The number of non-ortho nitro benzene ring substituents is 1. The van der Waals surface area contributed by atoms with E-state index in [1.165, 1.54) is 17.0 Å². The molecule has 0 unspecified atom stereocenters. The van der Waals surface area contributed by atoms with E-state index in [-0.39, 0.29) is 17.5 Å². The highest BCUT2D eigenvalue weighted by Crippen LogP contribution is 2.24. The van der Waals surface area contributed by atoms with Crippen LogP contribution in [0.4, 0.5) is 5.69 Å². The molecular weight excluding hydrogens is 388 g/mol. The van der Waals surface area contributed by atoms with Crippen molar-refractivity contribution in [2.75, 3.05) is 6.54 Å². The van der Waals surface area contributed by atoms with E-state index in [2.05, 4.69) is 10.1 Å². The number of imide groups is 1. The van der Waals surface area contributed by atoms with E-state index in [1.807, 2.05) is 0 Å². The van der Waals surface area contributed by atoms with Crippen molar-refractivity contribution in [3.63, 3.8) is 0 Å². The molecule has 30 heavy (non-hydrogen) atoms. The molecule has 2 aromatic carbocycles. The number of fused-ring (bicyclic) bond motifs is 1. The van der Waals surface area contributed by atoms with Crippen molar-refractivity contribution in [3.05, 3.63) is 75.7 Å². The van der Waals surface area contributed by atoms with Gasteiger partial charge in [0.05, 0.1) is 16.1 Å². The zero-order valence-corrected chi connectivity index (χ0v) is 16.0. The normalized spacial score (nSPS) is 13.0. The maximum atomic E-state index is 12.3. The molecule has 2 amide bonds. The van der Waals surface area contributed by atoms with Gasteiger partial charge in [-0.2, -0.15) is 4.98 Å². The number of carbonyl (C=O) groups is 2. The lowest BCUT2D eigenvalue weighted by Gasteiger charge is -2.13. The van der Waals surface area contributed by atoms with Crippen molar-refractivity contribution in [1.29, 1.82) is 0 Å². The van der Waals surface area contributed by atoms with Gasteiger partial charge in [-0.3, -0.25) is 24.6 Å². The summed E-state index contributed by atoms with van der Waals surface area (Å²) >= 11 is 0. The number of hydrogen-bond donors (Lipinski definition) is 0. The fourth-order valence-electron chi connectivity index (χ4n) is 3.40. The smallest absolute Gasteiger partial charge is 0.270 e. The number of nitrogens with zero attached hydrogens (tertiary/aromatic N) is 4. The van der Waals surface area contributed by atoms with Crippen molar-refractivity contribution < 1.29 is 19.0 Å². The molecular formula is C21H18N4O5. The molecule has 9 heteroatoms. The monoisotopic (exact) mass is 406 g/mol. The summed E-state index contributed by atoms with van der Waals surface area (Å²) < 4.78 is 5.23. The van der Waals surface area contributed by atoms with E-state index < -0.39 is 4.92 Å². The van der Waals surface area contributed by atoms with Crippen molar-refractivity contribution in [2.45, 2.75) is 25.7 Å². The number of rotatable bonds is 8. The lowest BCUT2D eigenvalue weighted by atomic mass is 10.1. The minimum Gasteiger partial charge on any atom is -0.339 e. The largest absolute Gasteiger partial charge is 0.339 e. The van der Waals surface area contributed by atoms with Gasteiger partial charge in [0.2, 0.25) is 11.7 Å². The van der Waals surface area contributed by atoms with Crippen LogP contribution in [0.15, 0.2) is 53.1 Å². The highest BCUT2D eigenvalue weighted by atomic mass is 16.6. The number of amides is 2. The van der Waals surface area contributed by atoms with Gasteiger partial charge in [0.25, 0.3) is 17.5 Å². The summed E-state index contributed by atoms with van der Waals surface area (Å²) in [5.41, 5.74) is 1.40. The minimum absolute atomic E-state index is 0.0352. The third-order valence-electron chi connectivity index (χ3n) is 4.93. The van der Waals surface area contributed by atoms with Crippen LogP contribution in [0.25, 0.3) is 11.4 Å². The van der Waals surface area contributed by atoms with E-state index in [0.29, 0.717) is 47.8 Å². The predicted molar refractivity (Wildman–Crippen MR) is 106 cm³/mol. The second-order valence-electron chi connectivity index (χ2n) is 6.94. The molecule has 152 valence electrons. The lowest BCUT2D eigenvalue weighted by Crippen LogP contribution is -2.30. The minimum atomic E-state index is -0.473. The molecule has 0 bridgehead atoms. The second-order valence-corrected chi connectivity index (χ2v) is 6.94. The molecule has 2 heterocycles. The summed E-state index contributed by atoms with van der Waals surface area (Å²) in [6.07, 6.45) is 2.75. The highest BCUT2D eigenvalue weighted by molar-refractivity contribution is 6.21. The first-order valence-corrected chi connectivity index (χ1v) is 9.57. The number of aryl methyl sites for hydroxylation is 1. The molecule has 0 radical (unpaired) electrons. The van der Waals surface area contributed by atoms with E-state index in [0.717, 1.165) is 12.8 Å². The molecule has 0 saturated carbocycles. The maximum Gasteiger partial charge on any atom is 0.270 e. The van der Waals surface area contributed by atoms with Crippen LogP contribution in [0.2, 0.25) is 0 Å². The van der Waals surface area contributed by atoms with Crippen molar-refractivity contribution in [1.82, 2.24) is 15.0 Å². The summed E-state index contributed by atoms with van der Waals surface area (Å²) in [5.74, 6) is 0.264. The van der Waals surface area contributed by atoms with Crippen LogP contribution in [-0.4, -0.2) is 38.3 Å². The van der Waals surface area contributed by atoms with Crippen LogP contribution in [0.5, 0.6) is 0 Å². The first-order valence-electron chi connectivity index (χ1n) is 9.57. The van der Waals surface area contributed by atoms with Gasteiger partial charge in [-0.25, -0.2) is 0 Å². The molecule has 1 aromatic heterocycles. The Morgan fingerprint density at radius 2 is 1.70 bits per heavy atom. The molecule has 4 rings (SSSR count). The van der Waals surface area contributed by atoms with Crippen LogP contribution in [0, 0.1) is 10.1 Å². The predicted octanol–water partition coefficient (Wildman–Crippen LogP) is 3.65. The Balaban J connectivity index is 1.26. The van der Waals surface area contributed by atoms with Crippen molar-refractivity contribution in [3.8, 4) is 11.4 Å². The van der Waals surface area contributed by atoms with Gasteiger partial charge in [-0.1, -0.05) is 35.8 Å². The van der Waals surface area contributed by atoms with E-state index in [9.17, 15) is 19.7 Å². The number of unbranched alkanes of at least 4 members (excludes halogenated alkanes) is 2. The molecule has 9 nitrogen and oxygen atoms in total. The van der Waals surface area contributed by atoms with Crippen LogP contribution in [0.3, 0.4) is 0 Å². The van der Waals surface area contributed by atoms with Gasteiger partial charge >= 0.3 is 0 Å². The fraction of sp³-hybridized carbons (Fsp3) is 0.238. The highest BCUT2D eigenvalue weighted by Gasteiger charge is 2.34. The summed E-state index contributed by atoms with van der Waals surface area (Å²) in [6, 6.07) is 12.9. The molecule has 0 fully saturated rings. The Morgan fingerprint density at radius 3 is 2.40 bits per heavy atom. The average Bonchev–Trinajstić information content (AvgIpc) is 3.33. The summed E-state index contributed by atoms with van der Waals surface area (Å²) in [6.45, 7) is 0.370. The molecule has 0 saturated heterocycles. The van der Waals surface area contributed by atoms with Crippen LogP contribution >= 0.6 is 0 Å². The number of benzene rings is 2. The fourth-order valence-corrected chi connectivity index (χ4v) is 3.40. The Hall–Kier alpha value is -3.88. The Morgan fingerprint density at radius 1 is 0.967 bits per heavy atom. The molecule has 0 atom stereocenters. The van der Waals surface area contributed by atoms with Gasteiger partial charge in [0.1, 0.15) is 0 Å². The maximum absolute atomic E-state index is 12.3. The quantitative estimate of drug-likeness (QED) is 0.242. The zero-order chi connectivity index (χ0) is 21.1. The lowest BCUT2D eigenvalue weighted by molar-refractivity contribution is -0.384. The van der Waals surface area contributed by atoms with Gasteiger partial charge in [0, 0.05) is 30.7 Å². The molecule has 3 aromatic rings. The Bertz CT molecular complexity index is 1090. The Labute approximate surface area is 171 Å². The van der Waals surface area contributed by atoms with Gasteiger partial charge in [-0.15, -0.1) is 0 Å². The van der Waals surface area contributed by atoms with Gasteiger partial charge < -0.3 is 4.52 Å². The van der Waals surface area contributed by atoms with E-state index in [4.69, 9.17) is 4.52 Å². The molecule has 1 aliphatic rings. The third kappa shape index (κ3) is 3.82. The number of hydrogen-bond acceptors (Lipinski definition) is 7. The SMILES string of the molecule is O=C1c2ccccc2C(=O)N1CCCCCc1nc(-c2cccc([N+](=O)[O-])c2)no1. The number of nitro groups is 1. The Kier molecular flexibility index (Phi) is 5.34. The van der Waals surface area contributed by atoms with Crippen LogP contribution < -0.4 is 0 Å². The van der Waals surface area contributed by atoms with E-state index >= 15 is 0 Å².